The molecular weight excluding hydrogens is 308 g/mol. The lowest BCUT2D eigenvalue weighted by molar-refractivity contribution is -0.121. The van der Waals surface area contributed by atoms with Gasteiger partial charge in [-0.25, -0.2) is 0 Å². The van der Waals surface area contributed by atoms with Gasteiger partial charge in [0.1, 0.15) is 5.60 Å². The number of carbonyl (C=O) groups is 1. The molecule has 0 spiro atoms. The summed E-state index contributed by atoms with van der Waals surface area (Å²) < 4.78 is 0. The second kappa shape index (κ2) is 6.18. The summed E-state index contributed by atoms with van der Waals surface area (Å²) >= 11 is 1.53. The van der Waals surface area contributed by atoms with Gasteiger partial charge in [0.15, 0.2) is 0 Å². The summed E-state index contributed by atoms with van der Waals surface area (Å²) in [4.78, 5) is 15.5. The van der Waals surface area contributed by atoms with Crippen molar-refractivity contribution in [2.24, 2.45) is 0 Å². The molecular formula is C18H20N2O2S. The van der Waals surface area contributed by atoms with Crippen LogP contribution in [0.25, 0.3) is 10.9 Å². The monoisotopic (exact) mass is 328 g/mol. The van der Waals surface area contributed by atoms with Gasteiger partial charge >= 0.3 is 0 Å². The van der Waals surface area contributed by atoms with E-state index in [4.69, 9.17) is 0 Å². The Morgan fingerprint density at radius 3 is 2.96 bits per heavy atom. The molecule has 1 unspecified atom stereocenters. The molecule has 3 aromatic rings. The second-order valence-corrected chi connectivity index (χ2v) is 6.83. The number of para-hydroxylation sites is 1. The number of benzene rings is 1. The van der Waals surface area contributed by atoms with Crippen LogP contribution in [0.15, 0.2) is 41.2 Å². The number of aromatic nitrogens is 1. The highest BCUT2D eigenvalue weighted by atomic mass is 32.1. The van der Waals surface area contributed by atoms with Gasteiger partial charge in [0, 0.05) is 17.1 Å². The molecule has 3 rings (SSSR count). The van der Waals surface area contributed by atoms with Crippen molar-refractivity contribution < 1.29 is 9.90 Å². The Bertz CT molecular complexity index is 819. The van der Waals surface area contributed by atoms with E-state index in [9.17, 15) is 9.90 Å². The maximum absolute atomic E-state index is 12.2. The molecule has 0 saturated heterocycles. The number of aliphatic hydroxyl groups is 1. The number of aryl methyl sites for hydroxylation is 1. The molecule has 3 N–H and O–H groups in total. The Morgan fingerprint density at radius 1 is 1.39 bits per heavy atom. The molecule has 2 heterocycles. The van der Waals surface area contributed by atoms with Crippen LogP contribution in [0.2, 0.25) is 0 Å². The molecule has 23 heavy (non-hydrogen) atoms. The minimum atomic E-state index is -1.05. The van der Waals surface area contributed by atoms with Gasteiger partial charge in [-0.3, -0.25) is 4.79 Å². The van der Waals surface area contributed by atoms with E-state index in [1.54, 1.807) is 6.92 Å². The minimum Gasteiger partial charge on any atom is -0.384 e. The SMILES string of the molecule is Cc1cccc2c(CC(=O)NCC(C)(O)c3ccsc3)c[nH]c12. The summed E-state index contributed by atoms with van der Waals surface area (Å²) in [6.07, 6.45) is 2.18. The number of hydrogen-bond acceptors (Lipinski definition) is 3. The summed E-state index contributed by atoms with van der Waals surface area (Å²) in [5, 5.41) is 18.2. The quantitative estimate of drug-likeness (QED) is 0.674. The molecule has 1 amide bonds. The summed E-state index contributed by atoms with van der Waals surface area (Å²) in [7, 11) is 0. The highest BCUT2D eigenvalue weighted by Crippen LogP contribution is 2.23. The third-order valence-electron chi connectivity index (χ3n) is 4.13. The van der Waals surface area contributed by atoms with Gasteiger partial charge in [0.25, 0.3) is 0 Å². The fourth-order valence-corrected chi connectivity index (χ4v) is 3.47. The minimum absolute atomic E-state index is 0.0945. The van der Waals surface area contributed by atoms with Crippen molar-refractivity contribution in [2.45, 2.75) is 25.9 Å². The first-order valence-electron chi connectivity index (χ1n) is 7.55. The van der Waals surface area contributed by atoms with Gasteiger partial charge in [-0.05, 0) is 47.4 Å². The maximum atomic E-state index is 12.2. The van der Waals surface area contributed by atoms with E-state index in [2.05, 4.69) is 10.3 Å². The number of carbonyl (C=O) groups excluding carboxylic acids is 1. The van der Waals surface area contributed by atoms with E-state index < -0.39 is 5.60 Å². The van der Waals surface area contributed by atoms with Crippen molar-refractivity contribution in [3.8, 4) is 0 Å². The van der Waals surface area contributed by atoms with Crippen molar-refractivity contribution in [3.63, 3.8) is 0 Å². The first-order chi connectivity index (χ1) is 11.0. The summed E-state index contributed by atoms with van der Waals surface area (Å²) in [6, 6.07) is 7.93. The molecule has 0 aliphatic carbocycles. The summed E-state index contributed by atoms with van der Waals surface area (Å²) in [6.45, 7) is 3.95. The van der Waals surface area contributed by atoms with Gasteiger partial charge in [0.05, 0.1) is 13.0 Å². The molecule has 0 saturated carbocycles. The molecule has 0 aliphatic heterocycles. The van der Waals surface area contributed by atoms with E-state index in [1.165, 1.54) is 11.3 Å². The van der Waals surface area contributed by atoms with Crippen molar-refractivity contribution in [2.75, 3.05) is 6.54 Å². The Morgan fingerprint density at radius 2 is 2.22 bits per heavy atom. The van der Waals surface area contributed by atoms with E-state index in [-0.39, 0.29) is 12.5 Å². The predicted octanol–water partition coefficient (Wildman–Crippen LogP) is 3.10. The zero-order valence-corrected chi connectivity index (χ0v) is 14.0. The number of fused-ring (bicyclic) bond motifs is 1. The van der Waals surface area contributed by atoms with E-state index in [0.717, 1.165) is 27.6 Å². The molecule has 0 bridgehead atoms. The third kappa shape index (κ3) is 3.30. The third-order valence-corrected chi connectivity index (χ3v) is 4.82. The molecule has 0 radical (unpaired) electrons. The molecule has 120 valence electrons. The fraction of sp³-hybridized carbons (Fsp3) is 0.278. The standard InChI is InChI=1S/C18H20N2O2S/c1-12-4-3-5-15-13(9-19-17(12)15)8-16(21)20-11-18(2,22)14-6-7-23-10-14/h3-7,9-10,19,22H,8,11H2,1-2H3,(H,20,21). The Balaban J connectivity index is 1.66. The first kappa shape index (κ1) is 15.8. The zero-order chi connectivity index (χ0) is 16.4. The number of rotatable bonds is 5. The van der Waals surface area contributed by atoms with Gasteiger partial charge < -0.3 is 15.4 Å². The Kier molecular flexibility index (Phi) is 4.24. The number of H-pyrrole nitrogens is 1. The number of nitrogens with one attached hydrogen (secondary N) is 2. The molecule has 0 fully saturated rings. The largest absolute Gasteiger partial charge is 0.384 e. The van der Waals surface area contributed by atoms with Gasteiger partial charge in [-0.15, -0.1) is 0 Å². The number of thiophene rings is 1. The number of hydrogen-bond donors (Lipinski definition) is 3. The zero-order valence-electron chi connectivity index (χ0n) is 13.2. The summed E-state index contributed by atoms with van der Waals surface area (Å²) in [5.41, 5.74) is 2.98. The lowest BCUT2D eigenvalue weighted by Gasteiger charge is -2.22. The topological polar surface area (TPSA) is 65.1 Å². The van der Waals surface area contributed by atoms with E-state index in [0.29, 0.717) is 6.42 Å². The van der Waals surface area contributed by atoms with Crippen LogP contribution in [-0.2, 0) is 16.8 Å². The average molecular weight is 328 g/mol. The molecule has 1 aromatic carbocycles. The molecule has 4 nitrogen and oxygen atoms in total. The van der Waals surface area contributed by atoms with E-state index >= 15 is 0 Å². The summed E-state index contributed by atoms with van der Waals surface area (Å²) in [5.74, 6) is -0.0945. The van der Waals surface area contributed by atoms with Crippen molar-refractivity contribution in [3.05, 3.63) is 57.9 Å². The van der Waals surface area contributed by atoms with Crippen molar-refractivity contribution in [1.82, 2.24) is 10.3 Å². The Hall–Kier alpha value is -2.11. The number of amides is 1. The average Bonchev–Trinajstić information content (AvgIpc) is 3.17. The normalized spacial score (nSPS) is 13.9. The van der Waals surface area contributed by atoms with Crippen LogP contribution >= 0.6 is 11.3 Å². The van der Waals surface area contributed by atoms with Crippen molar-refractivity contribution in [1.29, 1.82) is 0 Å². The fourth-order valence-electron chi connectivity index (χ4n) is 2.69. The van der Waals surface area contributed by atoms with Crippen LogP contribution in [0.1, 0.15) is 23.6 Å². The second-order valence-electron chi connectivity index (χ2n) is 6.05. The lowest BCUT2D eigenvalue weighted by atomic mass is 9.99. The van der Waals surface area contributed by atoms with Gasteiger partial charge in [0.2, 0.25) is 5.91 Å². The van der Waals surface area contributed by atoms with Gasteiger partial charge in [-0.1, -0.05) is 18.2 Å². The Labute approximate surface area is 139 Å². The lowest BCUT2D eigenvalue weighted by Crippen LogP contribution is -2.39. The van der Waals surface area contributed by atoms with Crippen LogP contribution in [0.4, 0.5) is 0 Å². The van der Waals surface area contributed by atoms with Crippen LogP contribution in [-0.4, -0.2) is 22.5 Å². The number of aromatic amines is 1. The molecule has 5 heteroatoms. The maximum Gasteiger partial charge on any atom is 0.224 e. The van der Waals surface area contributed by atoms with Crippen LogP contribution in [0.3, 0.4) is 0 Å². The van der Waals surface area contributed by atoms with Crippen LogP contribution in [0, 0.1) is 6.92 Å². The van der Waals surface area contributed by atoms with Gasteiger partial charge in [-0.2, -0.15) is 11.3 Å². The predicted molar refractivity (Wildman–Crippen MR) is 93.6 cm³/mol. The highest BCUT2D eigenvalue weighted by molar-refractivity contribution is 7.08. The molecule has 0 aliphatic rings. The molecule has 1 atom stereocenters. The molecule has 2 aromatic heterocycles. The highest BCUT2D eigenvalue weighted by Gasteiger charge is 2.24. The van der Waals surface area contributed by atoms with E-state index in [1.807, 2.05) is 48.1 Å². The smallest absolute Gasteiger partial charge is 0.224 e. The van der Waals surface area contributed by atoms with Crippen molar-refractivity contribution >= 4 is 28.1 Å². The van der Waals surface area contributed by atoms with Crippen LogP contribution < -0.4 is 5.32 Å². The van der Waals surface area contributed by atoms with Crippen LogP contribution in [0.5, 0.6) is 0 Å². The first-order valence-corrected chi connectivity index (χ1v) is 8.49.